The number of hydrogen-bond donors (Lipinski definition) is 1. The first-order valence-electron chi connectivity index (χ1n) is 9.57. The van der Waals surface area contributed by atoms with Gasteiger partial charge in [0.15, 0.2) is 0 Å². The van der Waals surface area contributed by atoms with Gasteiger partial charge in [0.1, 0.15) is 6.04 Å². The monoisotopic (exact) mass is 378 g/mol. The quantitative estimate of drug-likeness (QED) is 0.827. The van der Waals surface area contributed by atoms with Crippen LogP contribution >= 0.6 is 0 Å². The number of nitrogens with zero attached hydrogens (tertiary/aromatic N) is 1. The van der Waals surface area contributed by atoms with Crippen molar-refractivity contribution >= 4 is 21.6 Å². The van der Waals surface area contributed by atoms with Crippen LogP contribution in [0.1, 0.15) is 50.2 Å². The number of amides is 1. The topological polar surface area (TPSA) is 66.5 Å². The third-order valence-electron chi connectivity index (χ3n) is 6.14. The van der Waals surface area contributed by atoms with E-state index in [1.54, 1.807) is 6.07 Å². The van der Waals surface area contributed by atoms with Crippen LogP contribution in [0, 0.1) is 25.7 Å². The van der Waals surface area contributed by atoms with Crippen molar-refractivity contribution in [3.05, 3.63) is 29.3 Å². The second-order valence-corrected chi connectivity index (χ2v) is 9.90. The molecule has 0 aliphatic heterocycles. The molecular formula is C20H30N2O3S. The average Bonchev–Trinajstić information content (AvgIpc) is 3.16. The van der Waals surface area contributed by atoms with Gasteiger partial charge in [-0.2, -0.15) is 0 Å². The molecule has 1 N–H and O–H groups in total. The summed E-state index contributed by atoms with van der Waals surface area (Å²) in [5, 5.41) is 3.16. The maximum Gasteiger partial charge on any atom is 0.244 e. The highest BCUT2D eigenvalue weighted by Crippen LogP contribution is 2.44. The molecule has 144 valence electrons. The lowest BCUT2D eigenvalue weighted by Gasteiger charge is -2.32. The molecule has 0 unspecified atom stereocenters. The number of hydrogen-bond acceptors (Lipinski definition) is 3. The van der Waals surface area contributed by atoms with E-state index in [0.717, 1.165) is 23.5 Å². The molecule has 2 fully saturated rings. The summed E-state index contributed by atoms with van der Waals surface area (Å²) in [6, 6.07) is 5.03. The Hall–Kier alpha value is -1.56. The van der Waals surface area contributed by atoms with E-state index < -0.39 is 16.1 Å². The zero-order valence-electron chi connectivity index (χ0n) is 16.2. The molecule has 0 radical (unpaired) electrons. The molecule has 0 heterocycles. The van der Waals surface area contributed by atoms with Gasteiger partial charge in [0.2, 0.25) is 15.9 Å². The highest BCUT2D eigenvalue weighted by atomic mass is 32.2. The van der Waals surface area contributed by atoms with Gasteiger partial charge in [-0.1, -0.05) is 19.4 Å². The minimum absolute atomic E-state index is 0.172. The first-order valence-corrected chi connectivity index (χ1v) is 11.4. The van der Waals surface area contributed by atoms with Crippen molar-refractivity contribution in [1.29, 1.82) is 0 Å². The average molecular weight is 379 g/mol. The molecule has 2 aliphatic carbocycles. The molecule has 2 bridgehead atoms. The fourth-order valence-electron chi connectivity index (χ4n) is 4.62. The van der Waals surface area contributed by atoms with Gasteiger partial charge in [0.25, 0.3) is 0 Å². The van der Waals surface area contributed by atoms with Crippen LogP contribution < -0.4 is 9.62 Å². The normalized spacial score (nSPS) is 25.9. The first-order chi connectivity index (χ1) is 12.2. The van der Waals surface area contributed by atoms with Crippen LogP contribution in [0.25, 0.3) is 0 Å². The molecule has 0 spiro atoms. The molecule has 3 rings (SSSR count). The molecule has 26 heavy (non-hydrogen) atoms. The first kappa shape index (κ1) is 19.2. The van der Waals surface area contributed by atoms with Crippen molar-refractivity contribution in [1.82, 2.24) is 5.32 Å². The lowest BCUT2D eigenvalue weighted by atomic mass is 9.95. The Labute approximate surface area is 157 Å². The van der Waals surface area contributed by atoms with Crippen LogP contribution in [0.2, 0.25) is 0 Å². The summed E-state index contributed by atoms with van der Waals surface area (Å²) >= 11 is 0. The molecule has 0 saturated heterocycles. The van der Waals surface area contributed by atoms with Crippen molar-refractivity contribution < 1.29 is 13.2 Å². The van der Waals surface area contributed by atoms with Crippen molar-refractivity contribution in [2.24, 2.45) is 11.8 Å². The molecule has 0 aromatic heterocycles. The van der Waals surface area contributed by atoms with Crippen LogP contribution in [0.5, 0.6) is 0 Å². The molecule has 5 nitrogen and oxygen atoms in total. The molecule has 2 aliphatic rings. The lowest BCUT2D eigenvalue weighted by molar-refractivity contribution is -0.123. The predicted molar refractivity (Wildman–Crippen MR) is 105 cm³/mol. The standard InChI is InChI=1S/C20H30N2O3S/c1-5-19(20(23)21-18-12-15-7-8-16(18)11-15)22(26(4,24)25)17-9-6-13(2)14(3)10-17/h6,9-10,15-16,18-19H,5,7-8,11-12H2,1-4H3,(H,21,23)/t15-,16-,18-,19-/m1/s1. The maximum absolute atomic E-state index is 13.0. The second-order valence-electron chi connectivity index (χ2n) is 8.04. The van der Waals surface area contributed by atoms with E-state index in [4.69, 9.17) is 0 Å². The second kappa shape index (κ2) is 7.22. The highest BCUT2D eigenvalue weighted by molar-refractivity contribution is 7.92. The van der Waals surface area contributed by atoms with Gasteiger partial charge in [-0.05, 0) is 74.6 Å². The van der Waals surface area contributed by atoms with Gasteiger partial charge in [-0.15, -0.1) is 0 Å². The molecule has 1 amide bonds. The van der Waals surface area contributed by atoms with Crippen molar-refractivity contribution in [2.75, 3.05) is 10.6 Å². The number of carbonyl (C=O) groups is 1. The zero-order chi connectivity index (χ0) is 19.1. The summed E-state index contributed by atoms with van der Waals surface area (Å²) in [5.74, 6) is 1.12. The minimum Gasteiger partial charge on any atom is -0.351 e. The number of nitrogens with one attached hydrogen (secondary N) is 1. The molecular weight excluding hydrogens is 348 g/mol. The van der Waals surface area contributed by atoms with E-state index in [-0.39, 0.29) is 11.9 Å². The van der Waals surface area contributed by atoms with Crippen molar-refractivity contribution in [3.8, 4) is 0 Å². The van der Waals surface area contributed by atoms with Gasteiger partial charge in [-0.25, -0.2) is 8.42 Å². The fourth-order valence-corrected chi connectivity index (χ4v) is 5.83. The third-order valence-corrected chi connectivity index (χ3v) is 7.32. The smallest absolute Gasteiger partial charge is 0.244 e. The van der Waals surface area contributed by atoms with E-state index in [2.05, 4.69) is 5.32 Å². The van der Waals surface area contributed by atoms with Crippen LogP contribution in [-0.2, 0) is 14.8 Å². The lowest BCUT2D eigenvalue weighted by Crippen LogP contribution is -2.52. The summed E-state index contributed by atoms with van der Waals surface area (Å²) in [7, 11) is -3.58. The summed E-state index contributed by atoms with van der Waals surface area (Å²) in [4.78, 5) is 13.0. The Balaban J connectivity index is 1.85. The highest BCUT2D eigenvalue weighted by Gasteiger charge is 2.41. The van der Waals surface area contributed by atoms with Crippen LogP contribution in [-0.4, -0.2) is 32.7 Å². The Kier molecular flexibility index (Phi) is 5.33. The van der Waals surface area contributed by atoms with Crippen LogP contribution in [0.3, 0.4) is 0 Å². The van der Waals surface area contributed by atoms with Crippen LogP contribution in [0.4, 0.5) is 5.69 Å². The van der Waals surface area contributed by atoms with E-state index in [9.17, 15) is 13.2 Å². The maximum atomic E-state index is 13.0. The summed E-state index contributed by atoms with van der Waals surface area (Å²) < 4.78 is 26.4. The fraction of sp³-hybridized carbons (Fsp3) is 0.650. The molecule has 6 heteroatoms. The Morgan fingerprint density at radius 1 is 1.23 bits per heavy atom. The summed E-state index contributed by atoms with van der Waals surface area (Å²) in [5.41, 5.74) is 2.67. The van der Waals surface area contributed by atoms with E-state index in [1.165, 1.54) is 29.8 Å². The van der Waals surface area contributed by atoms with Gasteiger partial charge < -0.3 is 5.32 Å². The van der Waals surface area contributed by atoms with E-state index in [1.807, 2.05) is 32.9 Å². The predicted octanol–water partition coefficient (Wildman–Crippen LogP) is 3.15. The van der Waals surface area contributed by atoms with Crippen LogP contribution in [0.15, 0.2) is 18.2 Å². The van der Waals surface area contributed by atoms with Crippen molar-refractivity contribution in [2.45, 2.75) is 65.0 Å². The number of fused-ring (bicyclic) bond motifs is 2. The molecule has 2 saturated carbocycles. The number of carbonyl (C=O) groups excluding carboxylic acids is 1. The number of sulfonamides is 1. The van der Waals surface area contributed by atoms with E-state index >= 15 is 0 Å². The number of benzene rings is 1. The zero-order valence-corrected chi connectivity index (χ0v) is 17.0. The van der Waals surface area contributed by atoms with Gasteiger partial charge in [0, 0.05) is 6.04 Å². The Morgan fingerprint density at radius 3 is 2.46 bits per heavy atom. The summed E-state index contributed by atoms with van der Waals surface area (Å²) in [6.45, 7) is 5.81. The third kappa shape index (κ3) is 3.75. The molecule has 1 aromatic rings. The Bertz CT molecular complexity index is 790. The Morgan fingerprint density at radius 2 is 1.96 bits per heavy atom. The molecule has 4 atom stereocenters. The van der Waals surface area contributed by atoms with Crippen molar-refractivity contribution in [3.63, 3.8) is 0 Å². The van der Waals surface area contributed by atoms with Gasteiger partial charge in [0.05, 0.1) is 11.9 Å². The molecule has 1 aromatic carbocycles. The van der Waals surface area contributed by atoms with E-state index in [0.29, 0.717) is 18.0 Å². The SMILES string of the molecule is CC[C@H](C(=O)N[C@@H]1C[C@@H]2CC[C@@H]1C2)N(c1ccc(C)c(C)c1)S(C)(=O)=O. The summed E-state index contributed by atoms with van der Waals surface area (Å²) in [6.07, 6.45) is 6.30. The number of anilines is 1. The largest absolute Gasteiger partial charge is 0.351 e. The van der Waals surface area contributed by atoms with Gasteiger partial charge in [-0.3, -0.25) is 9.10 Å². The minimum atomic E-state index is -3.58. The van der Waals surface area contributed by atoms with Gasteiger partial charge >= 0.3 is 0 Å². The number of rotatable bonds is 6. The number of aryl methyl sites for hydroxylation is 2.